The average molecular weight is 286 g/mol. The second-order valence-electron chi connectivity index (χ2n) is 3.54. The summed E-state index contributed by atoms with van der Waals surface area (Å²) in [7, 11) is -7.40. The third kappa shape index (κ3) is 11.8. The Balaban J connectivity index is 3.61. The van der Waals surface area contributed by atoms with E-state index in [0.717, 1.165) is 0 Å². The Hall–Kier alpha value is -0.440. The van der Waals surface area contributed by atoms with E-state index in [2.05, 4.69) is 10.8 Å². The summed E-state index contributed by atoms with van der Waals surface area (Å²) in [6.07, 6.45) is 3.21. The minimum atomic E-state index is -3.91. The first kappa shape index (κ1) is 16.6. The Labute approximate surface area is 103 Å². The summed E-state index contributed by atoms with van der Waals surface area (Å²) >= 11 is 0. The average Bonchev–Trinajstić information content (AvgIpc) is 2.19. The third-order valence-corrected chi connectivity index (χ3v) is 4.00. The van der Waals surface area contributed by atoms with Crippen LogP contribution < -0.4 is 0 Å². The van der Waals surface area contributed by atoms with Gasteiger partial charge in [0, 0.05) is 0 Å². The molecule has 0 fully saturated rings. The number of rotatable bonds is 10. The molecule has 1 N–H and O–H groups in total. The molecule has 0 aromatic rings. The van der Waals surface area contributed by atoms with Crippen molar-refractivity contribution in [2.75, 3.05) is 18.1 Å². The van der Waals surface area contributed by atoms with E-state index in [4.69, 9.17) is 4.55 Å². The fourth-order valence-electron chi connectivity index (χ4n) is 1.13. The Kier molecular flexibility index (Phi) is 7.60. The van der Waals surface area contributed by atoms with Crippen molar-refractivity contribution in [3.8, 4) is 0 Å². The van der Waals surface area contributed by atoms with Gasteiger partial charge in [-0.3, -0.25) is 8.74 Å². The summed E-state index contributed by atoms with van der Waals surface area (Å²) in [5.41, 5.74) is 0. The predicted molar refractivity (Wildman–Crippen MR) is 64.8 cm³/mol. The van der Waals surface area contributed by atoms with Crippen molar-refractivity contribution >= 4 is 20.2 Å². The molecule has 0 aromatic carbocycles. The molecular formula is C9H18O6S2. The van der Waals surface area contributed by atoms with Crippen LogP contribution in [0.4, 0.5) is 0 Å². The molecule has 0 saturated heterocycles. The van der Waals surface area contributed by atoms with Crippen molar-refractivity contribution in [1.82, 2.24) is 0 Å². The van der Waals surface area contributed by atoms with Gasteiger partial charge in [-0.15, -0.1) is 6.58 Å². The van der Waals surface area contributed by atoms with Gasteiger partial charge in [-0.2, -0.15) is 16.8 Å². The van der Waals surface area contributed by atoms with Gasteiger partial charge in [0.05, 0.1) is 18.1 Å². The fourth-order valence-corrected chi connectivity index (χ4v) is 2.68. The topological polar surface area (TPSA) is 97.7 Å². The van der Waals surface area contributed by atoms with Gasteiger partial charge in [-0.1, -0.05) is 18.9 Å². The van der Waals surface area contributed by atoms with Crippen molar-refractivity contribution in [1.29, 1.82) is 0 Å². The van der Waals surface area contributed by atoms with Crippen LogP contribution in [-0.2, 0) is 24.4 Å². The monoisotopic (exact) mass is 286 g/mol. The van der Waals surface area contributed by atoms with Crippen molar-refractivity contribution in [2.45, 2.75) is 25.7 Å². The van der Waals surface area contributed by atoms with Crippen molar-refractivity contribution in [3.63, 3.8) is 0 Å². The summed E-state index contributed by atoms with van der Waals surface area (Å²) in [5.74, 6) is -0.376. The molecule has 0 unspecified atom stereocenters. The summed E-state index contributed by atoms with van der Waals surface area (Å²) in [4.78, 5) is 0. The van der Waals surface area contributed by atoms with Crippen LogP contribution in [0.25, 0.3) is 0 Å². The SMILES string of the molecule is C=CCOS(=O)(=O)CCCCCCS(=O)(=O)O. The zero-order valence-corrected chi connectivity index (χ0v) is 11.2. The van der Waals surface area contributed by atoms with Gasteiger partial charge in [-0.05, 0) is 12.8 Å². The molecule has 0 saturated carbocycles. The van der Waals surface area contributed by atoms with Gasteiger partial charge < -0.3 is 0 Å². The standard InChI is InChI=1S/C9H18O6S2/c1-2-7-15-17(13,14)9-6-4-3-5-8-16(10,11)12/h2H,1,3-9H2,(H,10,11,12). The molecule has 0 radical (unpaired) electrons. The second-order valence-corrected chi connectivity index (χ2v) is 6.87. The Morgan fingerprint density at radius 1 is 1.00 bits per heavy atom. The van der Waals surface area contributed by atoms with Crippen molar-refractivity contribution in [3.05, 3.63) is 12.7 Å². The lowest BCUT2D eigenvalue weighted by molar-refractivity contribution is 0.356. The maximum absolute atomic E-state index is 11.2. The van der Waals surface area contributed by atoms with E-state index in [1.54, 1.807) is 0 Å². The van der Waals surface area contributed by atoms with Crippen molar-refractivity contribution < 1.29 is 25.6 Å². The van der Waals surface area contributed by atoms with Crippen LogP contribution in [0.5, 0.6) is 0 Å². The van der Waals surface area contributed by atoms with Gasteiger partial charge in [-0.25, -0.2) is 0 Å². The van der Waals surface area contributed by atoms with Crippen LogP contribution in [0.1, 0.15) is 25.7 Å². The first-order valence-electron chi connectivity index (χ1n) is 5.20. The van der Waals surface area contributed by atoms with Crippen LogP contribution >= 0.6 is 0 Å². The molecule has 0 aromatic heterocycles. The minimum absolute atomic E-state index is 0.0366. The van der Waals surface area contributed by atoms with E-state index in [1.807, 2.05) is 0 Å². The zero-order chi connectivity index (χ0) is 13.4. The number of hydrogen-bond donors (Lipinski definition) is 1. The fraction of sp³-hybridized carbons (Fsp3) is 0.778. The molecule has 17 heavy (non-hydrogen) atoms. The molecule has 0 atom stereocenters. The van der Waals surface area contributed by atoms with E-state index in [0.29, 0.717) is 25.7 Å². The summed E-state index contributed by atoms with van der Waals surface area (Å²) in [6.45, 7) is 3.30. The summed E-state index contributed by atoms with van der Waals surface area (Å²) in [6, 6.07) is 0. The number of hydrogen-bond acceptors (Lipinski definition) is 5. The first-order valence-corrected chi connectivity index (χ1v) is 8.38. The molecule has 0 heterocycles. The van der Waals surface area contributed by atoms with E-state index in [-0.39, 0.29) is 18.1 Å². The van der Waals surface area contributed by atoms with Crippen LogP contribution in [0.15, 0.2) is 12.7 Å². The third-order valence-electron chi connectivity index (χ3n) is 1.91. The highest BCUT2D eigenvalue weighted by Crippen LogP contribution is 2.05. The number of unbranched alkanes of at least 4 members (excludes halogenated alkanes) is 3. The molecule has 0 amide bonds. The van der Waals surface area contributed by atoms with Crippen LogP contribution in [0, 0.1) is 0 Å². The van der Waals surface area contributed by atoms with Gasteiger partial charge in [0.2, 0.25) is 0 Å². The van der Waals surface area contributed by atoms with Crippen LogP contribution in [-0.4, -0.2) is 39.5 Å². The molecule has 8 heteroatoms. The van der Waals surface area contributed by atoms with E-state index in [1.165, 1.54) is 6.08 Å². The molecule has 0 aliphatic heterocycles. The molecule has 0 aliphatic carbocycles. The second kappa shape index (κ2) is 7.80. The summed E-state index contributed by atoms with van der Waals surface area (Å²) < 4.78 is 56.1. The van der Waals surface area contributed by atoms with Gasteiger partial charge in [0.25, 0.3) is 20.2 Å². The predicted octanol–water partition coefficient (Wildman–Crippen LogP) is 0.967. The molecule has 0 rings (SSSR count). The lowest BCUT2D eigenvalue weighted by Gasteiger charge is -2.03. The molecule has 0 aliphatic rings. The first-order chi connectivity index (χ1) is 7.77. The normalized spacial score (nSPS) is 12.5. The Bertz CT molecular complexity index is 409. The van der Waals surface area contributed by atoms with Gasteiger partial charge in [0.15, 0.2) is 0 Å². The Morgan fingerprint density at radius 2 is 1.53 bits per heavy atom. The quantitative estimate of drug-likeness (QED) is 0.278. The highest BCUT2D eigenvalue weighted by molar-refractivity contribution is 7.86. The van der Waals surface area contributed by atoms with Crippen LogP contribution in [0.2, 0.25) is 0 Å². The molecular weight excluding hydrogens is 268 g/mol. The lowest BCUT2D eigenvalue weighted by atomic mass is 10.2. The van der Waals surface area contributed by atoms with Crippen molar-refractivity contribution in [2.24, 2.45) is 0 Å². The maximum atomic E-state index is 11.2. The highest BCUT2D eigenvalue weighted by Gasteiger charge is 2.09. The van der Waals surface area contributed by atoms with Gasteiger partial charge in [0.1, 0.15) is 0 Å². The maximum Gasteiger partial charge on any atom is 0.267 e. The van der Waals surface area contributed by atoms with E-state index >= 15 is 0 Å². The molecule has 0 bridgehead atoms. The minimum Gasteiger partial charge on any atom is -0.286 e. The lowest BCUT2D eigenvalue weighted by Crippen LogP contribution is -2.10. The Morgan fingerprint density at radius 3 is 2.00 bits per heavy atom. The van der Waals surface area contributed by atoms with Crippen LogP contribution in [0.3, 0.4) is 0 Å². The summed E-state index contributed by atoms with van der Waals surface area (Å²) in [5, 5.41) is 0. The zero-order valence-electron chi connectivity index (χ0n) is 9.54. The molecule has 0 spiro atoms. The highest BCUT2D eigenvalue weighted by atomic mass is 32.2. The van der Waals surface area contributed by atoms with E-state index in [9.17, 15) is 16.8 Å². The van der Waals surface area contributed by atoms with Gasteiger partial charge >= 0.3 is 0 Å². The molecule has 6 nitrogen and oxygen atoms in total. The molecule has 102 valence electrons. The van der Waals surface area contributed by atoms with E-state index < -0.39 is 20.2 Å². The largest absolute Gasteiger partial charge is 0.286 e. The smallest absolute Gasteiger partial charge is 0.267 e.